The molecule has 122 valence electrons. The van der Waals surface area contributed by atoms with Crippen LogP contribution in [0.4, 0.5) is 0 Å². The Morgan fingerprint density at radius 3 is 2.46 bits per heavy atom. The van der Waals surface area contributed by atoms with E-state index >= 15 is 0 Å². The molecule has 3 aromatic rings. The third-order valence-corrected chi connectivity index (χ3v) is 3.74. The van der Waals surface area contributed by atoms with Gasteiger partial charge in [-0.3, -0.25) is 0 Å². The lowest BCUT2D eigenvalue weighted by Gasteiger charge is -2.20. The van der Waals surface area contributed by atoms with Gasteiger partial charge in [-0.05, 0) is 57.5 Å². The van der Waals surface area contributed by atoms with Gasteiger partial charge in [0.2, 0.25) is 0 Å². The summed E-state index contributed by atoms with van der Waals surface area (Å²) in [4.78, 5) is 17.0. The lowest BCUT2D eigenvalue weighted by Crippen LogP contribution is -2.24. The number of para-hydroxylation sites is 1. The van der Waals surface area contributed by atoms with Gasteiger partial charge in [0.05, 0.1) is 16.8 Å². The molecule has 24 heavy (non-hydrogen) atoms. The van der Waals surface area contributed by atoms with Gasteiger partial charge >= 0.3 is 5.97 Å². The minimum absolute atomic E-state index is 0.293. The molecule has 0 fully saturated rings. The summed E-state index contributed by atoms with van der Waals surface area (Å²) in [5.41, 5.74) is 3.83. The number of rotatable bonds is 2. The van der Waals surface area contributed by atoms with Crippen LogP contribution in [0.5, 0.6) is 0 Å². The molecule has 0 spiro atoms. The highest BCUT2D eigenvalue weighted by molar-refractivity contribution is 5.92. The van der Waals surface area contributed by atoms with Gasteiger partial charge in [0.25, 0.3) is 0 Å². The fourth-order valence-corrected chi connectivity index (χ4v) is 2.61. The maximum atomic E-state index is 12.3. The molecule has 0 radical (unpaired) electrons. The summed E-state index contributed by atoms with van der Waals surface area (Å²) in [6, 6.07) is 17.8. The predicted molar refractivity (Wildman–Crippen MR) is 97.1 cm³/mol. The number of aryl methyl sites for hydroxylation is 1. The summed E-state index contributed by atoms with van der Waals surface area (Å²) in [5.74, 6) is -0.293. The van der Waals surface area contributed by atoms with Crippen LogP contribution >= 0.6 is 0 Å². The lowest BCUT2D eigenvalue weighted by atomic mass is 10.0. The van der Waals surface area contributed by atoms with Crippen LogP contribution in [0.2, 0.25) is 0 Å². The van der Waals surface area contributed by atoms with E-state index in [4.69, 9.17) is 9.72 Å². The summed E-state index contributed by atoms with van der Waals surface area (Å²) >= 11 is 0. The molecular formula is C21H21NO2. The van der Waals surface area contributed by atoms with Crippen LogP contribution < -0.4 is 0 Å². The molecule has 0 aliphatic carbocycles. The van der Waals surface area contributed by atoms with Crippen LogP contribution in [0.25, 0.3) is 22.2 Å². The Bertz CT molecular complexity index is 907. The molecule has 0 amide bonds. The number of fused-ring (bicyclic) bond motifs is 1. The smallest absolute Gasteiger partial charge is 0.338 e. The molecule has 3 nitrogen and oxygen atoms in total. The standard InChI is InChI=1S/C21H21NO2/c1-14-13-16(9-11-17(14)20(23)24-21(2,3)4)19-12-10-15-7-5-6-8-18(15)22-19/h5-13H,1-4H3. The van der Waals surface area contributed by atoms with E-state index in [0.29, 0.717) is 5.56 Å². The quantitative estimate of drug-likeness (QED) is 0.612. The summed E-state index contributed by atoms with van der Waals surface area (Å²) in [5, 5.41) is 1.11. The first-order valence-corrected chi connectivity index (χ1v) is 8.04. The van der Waals surface area contributed by atoms with Crippen molar-refractivity contribution in [3.05, 3.63) is 65.7 Å². The number of aromatic nitrogens is 1. The van der Waals surface area contributed by atoms with E-state index in [1.165, 1.54) is 0 Å². The van der Waals surface area contributed by atoms with Gasteiger partial charge in [-0.2, -0.15) is 0 Å². The van der Waals surface area contributed by atoms with Crippen molar-refractivity contribution in [1.29, 1.82) is 0 Å². The number of hydrogen-bond acceptors (Lipinski definition) is 3. The van der Waals surface area contributed by atoms with Crippen molar-refractivity contribution in [3.8, 4) is 11.3 Å². The first-order chi connectivity index (χ1) is 11.3. The Balaban J connectivity index is 1.95. The second-order valence-corrected chi connectivity index (χ2v) is 6.92. The third-order valence-electron chi connectivity index (χ3n) is 3.74. The number of ether oxygens (including phenoxy) is 1. The zero-order valence-electron chi connectivity index (χ0n) is 14.5. The second-order valence-electron chi connectivity index (χ2n) is 6.92. The molecule has 0 bridgehead atoms. The molecule has 0 aliphatic rings. The molecular weight excluding hydrogens is 298 g/mol. The van der Waals surface area contributed by atoms with Gasteiger partial charge in [0, 0.05) is 10.9 Å². The number of nitrogens with zero attached hydrogens (tertiary/aromatic N) is 1. The monoisotopic (exact) mass is 319 g/mol. The van der Waals surface area contributed by atoms with E-state index in [2.05, 4.69) is 6.07 Å². The number of benzene rings is 2. The fourth-order valence-electron chi connectivity index (χ4n) is 2.61. The van der Waals surface area contributed by atoms with E-state index in [1.54, 1.807) is 0 Å². The number of carbonyl (C=O) groups excluding carboxylic acids is 1. The van der Waals surface area contributed by atoms with Gasteiger partial charge in [-0.25, -0.2) is 9.78 Å². The molecule has 3 rings (SSSR count). The van der Waals surface area contributed by atoms with Gasteiger partial charge in [-0.15, -0.1) is 0 Å². The molecule has 0 aliphatic heterocycles. The van der Waals surface area contributed by atoms with Crippen molar-refractivity contribution in [1.82, 2.24) is 4.98 Å². The molecule has 3 heteroatoms. The summed E-state index contributed by atoms with van der Waals surface area (Å²) < 4.78 is 5.45. The van der Waals surface area contributed by atoms with E-state index in [1.807, 2.05) is 76.2 Å². The lowest BCUT2D eigenvalue weighted by molar-refractivity contribution is 0.00688. The SMILES string of the molecule is Cc1cc(-c2ccc3ccccc3n2)ccc1C(=O)OC(C)(C)C. The van der Waals surface area contributed by atoms with Crippen molar-refractivity contribution in [2.24, 2.45) is 0 Å². The van der Waals surface area contributed by atoms with Crippen molar-refractivity contribution < 1.29 is 9.53 Å². The minimum atomic E-state index is -0.498. The van der Waals surface area contributed by atoms with Crippen molar-refractivity contribution in [2.75, 3.05) is 0 Å². The molecule has 0 unspecified atom stereocenters. The molecule has 0 saturated carbocycles. The highest BCUT2D eigenvalue weighted by atomic mass is 16.6. The number of esters is 1. The van der Waals surface area contributed by atoms with E-state index in [0.717, 1.165) is 27.7 Å². The Morgan fingerprint density at radius 2 is 1.75 bits per heavy atom. The van der Waals surface area contributed by atoms with E-state index < -0.39 is 5.60 Å². The average Bonchev–Trinajstić information content (AvgIpc) is 2.52. The Morgan fingerprint density at radius 1 is 1.00 bits per heavy atom. The van der Waals surface area contributed by atoms with Crippen LogP contribution in [0.1, 0.15) is 36.7 Å². The third kappa shape index (κ3) is 3.46. The zero-order valence-corrected chi connectivity index (χ0v) is 14.5. The van der Waals surface area contributed by atoms with E-state index in [-0.39, 0.29) is 5.97 Å². The first-order valence-electron chi connectivity index (χ1n) is 8.04. The average molecular weight is 319 g/mol. The Labute approximate surface area is 142 Å². The largest absolute Gasteiger partial charge is 0.456 e. The highest BCUT2D eigenvalue weighted by Gasteiger charge is 2.19. The minimum Gasteiger partial charge on any atom is -0.456 e. The maximum Gasteiger partial charge on any atom is 0.338 e. The molecule has 1 aromatic heterocycles. The van der Waals surface area contributed by atoms with Crippen molar-refractivity contribution in [3.63, 3.8) is 0 Å². The van der Waals surface area contributed by atoms with Crippen LogP contribution in [0, 0.1) is 6.92 Å². The van der Waals surface area contributed by atoms with Gasteiger partial charge in [-0.1, -0.05) is 30.3 Å². The van der Waals surface area contributed by atoms with Crippen molar-refractivity contribution >= 4 is 16.9 Å². The highest BCUT2D eigenvalue weighted by Crippen LogP contribution is 2.24. The molecule has 0 saturated heterocycles. The number of hydrogen-bond donors (Lipinski definition) is 0. The Hall–Kier alpha value is -2.68. The van der Waals surface area contributed by atoms with Crippen LogP contribution in [0.3, 0.4) is 0 Å². The Kier molecular flexibility index (Phi) is 4.10. The molecule has 1 heterocycles. The van der Waals surface area contributed by atoms with Gasteiger partial charge in [0.1, 0.15) is 5.60 Å². The first kappa shape index (κ1) is 16.2. The summed E-state index contributed by atoms with van der Waals surface area (Å²) in [6.07, 6.45) is 0. The van der Waals surface area contributed by atoms with Gasteiger partial charge < -0.3 is 4.74 Å². The zero-order chi connectivity index (χ0) is 17.3. The maximum absolute atomic E-state index is 12.3. The van der Waals surface area contributed by atoms with Crippen LogP contribution in [-0.2, 0) is 4.74 Å². The van der Waals surface area contributed by atoms with Crippen LogP contribution in [-0.4, -0.2) is 16.6 Å². The molecule has 0 N–H and O–H groups in total. The van der Waals surface area contributed by atoms with Crippen molar-refractivity contribution in [2.45, 2.75) is 33.3 Å². The topological polar surface area (TPSA) is 39.2 Å². The summed E-state index contributed by atoms with van der Waals surface area (Å²) in [6.45, 7) is 7.53. The van der Waals surface area contributed by atoms with E-state index in [9.17, 15) is 4.79 Å². The normalized spacial score (nSPS) is 11.5. The predicted octanol–water partition coefficient (Wildman–Crippen LogP) is 5.17. The second kappa shape index (κ2) is 6.08. The number of carbonyl (C=O) groups is 1. The fraction of sp³-hybridized carbons (Fsp3) is 0.238. The summed E-state index contributed by atoms with van der Waals surface area (Å²) in [7, 11) is 0. The molecule has 2 aromatic carbocycles. The van der Waals surface area contributed by atoms with Gasteiger partial charge in [0.15, 0.2) is 0 Å². The molecule has 0 atom stereocenters. The number of pyridine rings is 1. The van der Waals surface area contributed by atoms with Crippen LogP contribution in [0.15, 0.2) is 54.6 Å².